The lowest BCUT2D eigenvalue weighted by Crippen LogP contribution is -2.30. The van der Waals surface area contributed by atoms with Crippen LogP contribution in [-0.4, -0.2) is 31.6 Å². The number of nitrogens with zero attached hydrogens (tertiary/aromatic N) is 1. The molecule has 0 aliphatic rings. The van der Waals surface area contributed by atoms with Crippen molar-refractivity contribution in [3.05, 3.63) is 58.9 Å². The van der Waals surface area contributed by atoms with Gasteiger partial charge >= 0.3 is 0 Å². The molecule has 0 fully saturated rings. The Bertz CT molecular complexity index is 761. The van der Waals surface area contributed by atoms with Gasteiger partial charge in [-0.15, -0.1) is 0 Å². The first kappa shape index (κ1) is 19.8. The van der Waals surface area contributed by atoms with Crippen LogP contribution in [-0.2, 0) is 24.2 Å². The van der Waals surface area contributed by atoms with E-state index in [-0.39, 0.29) is 11.7 Å². The number of carbonyl (C=O) groups is 1. The first-order valence-corrected chi connectivity index (χ1v) is 8.72. The van der Waals surface area contributed by atoms with Gasteiger partial charge in [-0.05, 0) is 53.8 Å². The average Bonchev–Trinajstić information content (AvgIpc) is 2.64. The summed E-state index contributed by atoms with van der Waals surface area (Å²) in [7, 11) is 3.29. The molecule has 2 aromatic rings. The van der Waals surface area contributed by atoms with Crippen molar-refractivity contribution < 1.29 is 18.7 Å². The highest BCUT2D eigenvalue weighted by molar-refractivity contribution is 5.73. The lowest BCUT2D eigenvalue weighted by atomic mass is 10.0. The highest BCUT2D eigenvalue weighted by Crippen LogP contribution is 2.29. The van der Waals surface area contributed by atoms with Crippen LogP contribution >= 0.6 is 0 Å². The summed E-state index contributed by atoms with van der Waals surface area (Å²) in [5.41, 5.74) is 2.83. The summed E-state index contributed by atoms with van der Waals surface area (Å²) >= 11 is 0. The first-order chi connectivity index (χ1) is 12.5. The third-order valence-corrected chi connectivity index (χ3v) is 4.42. The smallest absolute Gasteiger partial charge is 0.219 e. The van der Waals surface area contributed by atoms with E-state index in [9.17, 15) is 9.18 Å². The molecule has 0 bridgehead atoms. The molecule has 0 heterocycles. The number of methoxy groups -OCH3 is 2. The molecule has 4 nitrogen and oxygen atoms in total. The van der Waals surface area contributed by atoms with Crippen LogP contribution in [0.1, 0.15) is 30.5 Å². The van der Waals surface area contributed by atoms with Crippen LogP contribution in [0.15, 0.2) is 36.4 Å². The molecule has 2 rings (SSSR count). The van der Waals surface area contributed by atoms with Gasteiger partial charge in [0.25, 0.3) is 0 Å². The van der Waals surface area contributed by atoms with Crippen molar-refractivity contribution in [1.82, 2.24) is 4.90 Å². The number of amides is 1. The van der Waals surface area contributed by atoms with E-state index < -0.39 is 0 Å². The summed E-state index contributed by atoms with van der Waals surface area (Å²) in [6.45, 7) is 4.47. The van der Waals surface area contributed by atoms with E-state index in [2.05, 4.69) is 6.92 Å². The third-order valence-electron chi connectivity index (χ3n) is 4.42. The van der Waals surface area contributed by atoms with Crippen molar-refractivity contribution in [3.63, 3.8) is 0 Å². The summed E-state index contributed by atoms with van der Waals surface area (Å²) in [4.78, 5) is 13.7. The van der Waals surface area contributed by atoms with Gasteiger partial charge in [0.15, 0.2) is 0 Å². The van der Waals surface area contributed by atoms with Crippen molar-refractivity contribution in [2.75, 3.05) is 20.8 Å². The van der Waals surface area contributed by atoms with Gasteiger partial charge in [-0.2, -0.15) is 0 Å². The number of hydrogen-bond acceptors (Lipinski definition) is 3. The van der Waals surface area contributed by atoms with Gasteiger partial charge in [0.2, 0.25) is 5.91 Å². The Labute approximate surface area is 154 Å². The van der Waals surface area contributed by atoms with Crippen molar-refractivity contribution >= 4 is 5.91 Å². The fourth-order valence-corrected chi connectivity index (χ4v) is 2.95. The molecule has 26 heavy (non-hydrogen) atoms. The largest absolute Gasteiger partial charge is 0.496 e. The van der Waals surface area contributed by atoms with Gasteiger partial charge in [0.1, 0.15) is 17.3 Å². The average molecular weight is 359 g/mol. The minimum absolute atomic E-state index is 0.0506. The molecule has 0 aliphatic carbocycles. The van der Waals surface area contributed by atoms with Gasteiger partial charge in [-0.1, -0.05) is 19.1 Å². The normalized spacial score (nSPS) is 10.5. The molecule has 140 valence electrons. The van der Waals surface area contributed by atoms with Crippen LogP contribution in [0.4, 0.5) is 4.39 Å². The number of rotatable bonds is 8. The second kappa shape index (κ2) is 9.22. The number of aryl methyl sites for hydroxylation is 1. The zero-order valence-corrected chi connectivity index (χ0v) is 15.8. The maximum absolute atomic E-state index is 13.4. The Balaban J connectivity index is 2.17. The fourth-order valence-electron chi connectivity index (χ4n) is 2.95. The van der Waals surface area contributed by atoms with Crippen LogP contribution in [0, 0.1) is 5.82 Å². The summed E-state index contributed by atoms with van der Waals surface area (Å²) in [6.07, 6.45) is 1.47. The number of benzene rings is 2. The Kier molecular flexibility index (Phi) is 7.01. The van der Waals surface area contributed by atoms with Crippen molar-refractivity contribution in [1.29, 1.82) is 0 Å². The second-order valence-electron chi connectivity index (χ2n) is 6.15. The molecule has 0 aliphatic heterocycles. The number of carbonyl (C=O) groups excluding carboxylic acids is 1. The Morgan fingerprint density at radius 3 is 2.31 bits per heavy atom. The quantitative estimate of drug-likeness (QED) is 0.715. The van der Waals surface area contributed by atoms with E-state index in [4.69, 9.17) is 9.47 Å². The van der Waals surface area contributed by atoms with Gasteiger partial charge in [0, 0.05) is 20.0 Å². The molecule has 0 N–H and O–H groups in total. The molecular weight excluding hydrogens is 333 g/mol. The van der Waals surface area contributed by atoms with Crippen molar-refractivity contribution in [2.45, 2.75) is 33.2 Å². The predicted molar refractivity (Wildman–Crippen MR) is 100 cm³/mol. The van der Waals surface area contributed by atoms with E-state index in [1.165, 1.54) is 19.1 Å². The maximum atomic E-state index is 13.4. The highest BCUT2D eigenvalue weighted by Gasteiger charge is 2.14. The fraction of sp³-hybridized carbons (Fsp3) is 0.381. The number of hydrogen-bond donors (Lipinski definition) is 0. The maximum Gasteiger partial charge on any atom is 0.219 e. The number of halogens is 1. The van der Waals surface area contributed by atoms with E-state index in [1.54, 1.807) is 25.2 Å². The van der Waals surface area contributed by atoms with E-state index >= 15 is 0 Å². The second-order valence-corrected chi connectivity index (χ2v) is 6.15. The highest BCUT2D eigenvalue weighted by atomic mass is 19.1. The molecule has 0 atom stereocenters. The van der Waals surface area contributed by atoms with Crippen LogP contribution < -0.4 is 9.47 Å². The van der Waals surface area contributed by atoms with Gasteiger partial charge in [0.05, 0.1) is 14.2 Å². The molecule has 0 spiro atoms. The van der Waals surface area contributed by atoms with Crippen LogP contribution in [0.25, 0.3) is 0 Å². The molecular formula is C21H26FNO3. The van der Waals surface area contributed by atoms with Gasteiger partial charge in [-0.3, -0.25) is 4.79 Å². The SMILES string of the molecule is CCc1cc(OC)c(CCN(Cc2cccc(F)c2)C(C)=O)cc1OC. The molecule has 2 aromatic carbocycles. The van der Waals surface area contributed by atoms with E-state index in [0.29, 0.717) is 19.5 Å². The monoisotopic (exact) mass is 359 g/mol. The lowest BCUT2D eigenvalue weighted by molar-refractivity contribution is -0.129. The molecule has 0 unspecified atom stereocenters. The first-order valence-electron chi connectivity index (χ1n) is 8.72. The standard InChI is InChI=1S/C21H26FNO3/c1-5-17-12-21(26-4)18(13-20(17)25-3)9-10-23(15(2)24)14-16-7-6-8-19(22)11-16/h6-8,11-13H,5,9-10,14H2,1-4H3. The minimum atomic E-state index is -0.299. The summed E-state index contributed by atoms with van der Waals surface area (Å²) in [6, 6.07) is 10.3. The predicted octanol–water partition coefficient (Wildman–Crippen LogP) is 4.00. The summed E-state index contributed by atoms with van der Waals surface area (Å²) < 4.78 is 24.4. The Morgan fingerprint density at radius 1 is 1.08 bits per heavy atom. The van der Waals surface area contributed by atoms with E-state index in [0.717, 1.165) is 34.6 Å². The van der Waals surface area contributed by atoms with Crippen molar-refractivity contribution in [3.8, 4) is 11.5 Å². The zero-order valence-electron chi connectivity index (χ0n) is 15.8. The lowest BCUT2D eigenvalue weighted by Gasteiger charge is -2.22. The Morgan fingerprint density at radius 2 is 1.73 bits per heavy atom. The number of ether oxygens (including phenoxy) is 2. The molecule has 0 saturated heterocycles. The molecule has 5 heteroatoms. The molecule has 0 aromatic heterocycles. The minimum Gasteiger partial charge on any atom is -0.496 e. The molecule has 1 amide bonds. The zero-order chi connectivity index (χ0) is 19.1. The summed E-state index contributed by atoms with van der Waals surface area (Å²) in [5, 5.41) is 0. The van der Waals surface area contributed by atoms with Gasteiger partial charge < -0.3 is 14.4 Å². The van der Waals surface area contributed by atoms with Crippen LogP contribution in [0.5, 0.6) is 11.5 Å². The molecule has 0 radical (unpaired) electrons. The van der Waals surface area contributed by atoms with E-state index in [1.807, 2.05) is 18.2 Å². The van der Waals surface area contributed by atoms with Crippen molar-refractivity contribution in [2.24, 2.45) is 0 Å². The van der Waals surface area contributed by atoms with Crippen LogP contribution in [0.3, 0.4) is 0 Å². The third kappa shape index (κ3) is 4.97. The van der Waals surface area contributed by atoms with Gasteiger partial charge in [-0.25, -0.2) is 4.39 Å². The Hall–Kier alpha value is -2.56. The topological polar surface area (TPSA) is 38.8 Å². The van der Waals surface area contributed by atoms with Crippen LogP contribution in [0.2, 0.25) is 0 Å². The summed E-state index contributed by atoms with van der Waals surface area (Å²) in [5.74, 6) is 1.26. The molecule has 0 saturated carbocycles.